The molecule has 1 aromatic carbocycles. The van der Waals surface area contributed by atoms with Crippen LogP contribution in [0, 0.1) is 18.3 Å². The Kier molecular flexibility index (Phi) is 1.71. The number of hydrogen-bond donors (Lipinski definition) is 0. The molecule has 0 saturated heterocycles. The van der Waals surface area contributed by atoms with Crippen molar-refractivity contribution in [1.82, 2.24) is 4.98 Å². The van der Waals surface area contributed by atoms with E-state index in [4.69, 9.17) is 5.26 Å². The Morgan fingerprint density at radius 2 is 2.08 bits per heavy atom. The van der Waals surface area contributed by atoms with Crippen LogP contribution in [0.15, 0.2) is 30.3 Å². The lowest BCUT2D eigenvalue weighted by Crippen LogP contribution is -1.84. The van der Waals surface area contributed by atoms with Crippen molar-refractivity contribution in [3.05, 3.63) is 48.5 Å². The second-order valence-corrected chi connectivity index (χ2v) is 2.84. The third-order valence-corrected chi connectivity index (χ3v) is 1.87. The molecule has 1 aromatic heterocycles. The fraction of sp³-hybridized carbons (Fsp3) is 0. The van der Waals surface area contributed by atoms with Crippen molar-refractivity contribution in [2.75, 3.05) is 0 Å². The van der Waals surface area contributed by atoms with Gasteiger partial charge in [0.2, 0.25) is 0 Å². The second kappa shape index (κ2) is 2.87. The first-order chi connectivity index (χ1) is 6.29. The summed E-state index contributed by atoms with van der Waals surface area (Å²) in [5, 5.41) is 9.65. The molecule has 0 aliphatic heterocycles. The first-order valence-corrected chi connectivity index (χ1v) is 3.92. The minimum Gasteiger partial charge on any atom is -0.237 e. The molecule has 0 bridgehead atoms. The first kappa shape index (κ1) is 7.75. The zero-order valence-corrected chi connectivity index (χ0v) is 6.99. The van der Waals surface area contributed by atoms with Gasteiger partial charge in [-0.05, 0) is 36.8 Å². The molecule has 13 heavy (non-hydrogen) atoms. The minimum absolute atomic E-state index is 0.448. The van der Waals surface area contributed by atoms with Crippen molar-refractivity contribution in [2.45, 2.75) is 0 Å². The number of hydrogen-bond acceptors (Lipinski definition) is 2. The number of fused-ring (bicyclic) bond motifs is 1. The number of nitrogens with zero attached hydrogens (tertiary/aromatic N) is 2. The van der Waals surface area contributed by atoms with E-state index < -0.39 is 0 Å². The third kappa shape index (κ3) is 1.36. The van der Waals surface area contributed by atoms with Crippen LogP contribution in [-0.2, 0) is 0 Å². The molecule has 0 amide bonds. The predicted octanol–water partition coefficient (Wildman–Crippen LogP) is 2.29. The Morgan fingerprint density at radius 3 is 2.85 bits per heavy atom. The van der Waals surface area contributed by atoms with Gasteiger partial charge in [-0.25, -0.2) is 4.98 Å². The van der Waals surface area contributed by atoms with Crippen LogP contribution in [-0.4, -0.2) is 4.98 Å². The molecule has 0 fully saturated rings. The molecule has 2 rings (SSSR count). The number of nitriles is 1. The standard InChI is InChI=1S/C11H7N2/c1-8-2-5-11-9(6-8)3-4-10(7-12)13-11/h2-6H,1H2. The van der Waals surface area contributed by atoms with Crippen LogP contribution < -0.4 is 0 Å². The summed E-state index contributed by atoms with van der Waals surface area (Å²) >= 11 is 0. The van der Waals surface area contributed by atoms with Crippen molar-refractivity contribution in [1.29, 1.82) is 5.26 Å². The molecule has 0 spiro atoms. The summed E-state index contributed by atoms with van der Waals surface area (Å²) in [6, 6.07) is 11.3. The van der Waals surface area contributed by atoms with Crippen molar-refractivity contribution < 1.29 is 0 Å². The lowest BCUT2D eigenvalue weighted by molar-refractivity contribution is 1.32. The van der Waals surface area contributed by atoms with Crippen LogP contribution in [0.25, 0.3) is 10.9 Å². The van der Waals surface area contributed by atoms with Crippen LogP contribution in [0.1, 0.15) is 11.3 Å². The van der Waals surface area contributed by atoms with Crippen molar-refractivity contribution in [3.8, 4) is 6.07 Å². The van der Waals surface area contributed by atoms with E-state index in [9.17, 15) is 0 Å². The maximum atomic E-state index is 8.63. The Hall–Kier alpha value is -1.88. The predicted molar refractivity (Wildman–Crippen MR) is 50.9 cm³/mol. The van der Waals surface area contributed by atoms with Crippen molar-refractivity contribution in [2.24, 2.45) is 0 Å². The van der Waals surface area contributed by atoms with Gasteiger partial charge >= 0.3 is 0 Å². The van der Waals surface area contributed by atoms with E-state index in [1.165, 1.54) is 0 Å². The summed E-state index contributed by atoms with van der Waals surface area (Å²) in [6.07, 6.45) is 0. The Balaban J connectivity index is 2.75. The monoisotopic (exact) mass is 167 g/mol. The van der Waals surface area contributed by atoms with Gasteiger partial charge in [0.05, 0.1) is 5.52 Å². The number of aromatic nitrogens is 1. The van der Waals surface area contributed by atoms with E-state index >= 15 is 0 Å². The number of rotatable bonds is 0. The highest BCUT2D eigenvalue weighted by Gasteiger charge is 1.96. The smallest absolute Gasteiger partial charge is 0.141 e. The summed E-state index contributed by atoms with van der Waals surface area (Å²) < 4.78 is 0. The van der Waals surface area contributed by atoms with Crippen LogP contribution in [0.4, 0.5) is 0 Å². The van der Waals surface area contributed by atoms with Gasteiger partial charge in [-0.3, -0.25) is 0 Å². The number of pyridine rings is 1. The summed E-state index contributed by atoms with van der Waals surface area (Å²) in [4.78, 5) is 4.15. The minimum atomic E-state index is 0.448. The molecule has 61 valence electrons. The first-order valence-electron chi connectivity index (χ1n) is 3.92. The largest absolute Gasteiger partial charge is 0.237 e. The topological polar surface area (TPSA) is 36.7 Å². The van der Waals surface area contributed by atoms with E-state index in [1.807, 2.05) is 30.3 Å². The van der Waals surface area contributed by atoms with Gasteiger partial charge in [-0.2, -0.15) is 5.26 Å². The molecule has 0 unspecified atom stereocenters. The second-order valence-electron chi connectivity index (χ2n) is 2.84. The highest BCUT2D eigenvalue weighted by molar-refractivity contribution is 5.79. The molecule has 0 saturated carbocycles. The summed E-state index contributed by atoms with van der Waals surface area (Å²) in [6.45, 7) is 3.82. The van der Waals surface area contributed by atoms with E-state index in [1.54, 1.807) is 6.07 Å². The molecular formula is C11H7N2. The normalized spacial score (nSPS) is 9.85. The average molecular weight is 167 g/mol. The van der Waals surface area contributed by atoms with Gasteiger partial charge in [-0.15, -0.1) is 0 Å². The summed E-state index contributed by atoms with van der Waals surface area (Å²) in [7, 11) is 0. The molecule has 0 aliphatic carbocycles. The Labute approximate surface area is 76.5 Å². The fourth-order valence-electron chi connectivity index (χ4n) is 1.24. The Bertz CT molecular complexity index is 495. The van der Waals surface area contributed by atoms with Gasteiger partial charge in [-0.1, -0.05) is 6.07 Å². The molecule has 2 aromatic rings. The molecule has 0 aliphatic rings. The van der Waals surface area contributed by atoms with E-state index in [0.29, 0.717) is 5.69 Å². The quantitative estimate of drug-likeness (QED) is 0.603. The van der Waals surface area contributed by atoms with Gasteiger partial charge in [0.25, 0.3) is 0 Å². The molecule has 2 nitrogen and oxygen atoms in total. The SMILES string of the molecule is [CH2]c1ccc2nc(C#N)ccc2c1. The Morgan fingerprint density at radius 1 is 1.23 bits per heavy atom. The highest BCUT2D eigenvalue weighted by atomic mass is 14.7. The van der Waals surface area contributed by atoms with Crippen molar-refractivity contribution >= 4 is 10.9 Å². The lowest BCUT2D eigenvalue weighted by atomic mass is 10.1. The zero-order chi connectivity index (χ0) is 9.26. The average Bonchev–Trinajstić information content (AvgIpc) is 2.17. The molecular weight excluding hydrogens is 160 g/mol. The zero-order valence-electron chi connectivity index (χ0n) is 6.99. The van der Waals surface area contributed by atoms with Crippen LogP contribution in [0.3, 0.4) is 0 Å². The van der Waals surface area contributed by atoms with Crippen LogP contribution in [0.2, 0.25) is 0 Å². The van der Waals surface area contributed by atoms with E-state index in [2.05, 4.69) is 11.9 Å². The van der Waals surface area contributed by atoms with Crippen LogP contribution in [0.5, 0.6) is 0 Å². The van der Waals surface area contributed by atoms with Crippen LogP contribution >= 0.6 is 0 Å². The summed E-state index contributed by atoms with van der Waals surface area (Å²) in [5.41, 5.74) is 2.25. The fourth-order valence-corrected chi connectivity index (χ4v) is 1.24. The number of benzene rings is 1. The lowest BCUT2D eigenvalue weighted by Gasteiger charge is -1.97. The molecule has 0 atom stereocenters. The van der Waals surface area contributed by atoms with Gasteiger partial charge in [0.15, 0.2) is 0 Å². The van der Waals surface area contributed by atoms with E-state index in [0.717, 1.165) is 16.5 Å². The van der Waals surface area contributed by atoms with Gasteiger partial charge in [0.1, 0.15) is 11.8 Å². The maximum absolute atomic E-state index is 8.63. The highest BCUT2D eigenvalue weighted by Crippen LogP contribution is 2.13. The van der Waals surface area contributed by atoms with Crippen molar-refractivity contribution in [3.63, 3.8) is 0 Å². The summed E-state index contributed by atoms with van der Waals surface area (Å²) in [5.74, 6) is 0. The maximum Gasteiger partial charge on any atom is 0.141 e. The van der Waals surface area contributed by atoms with E-state index in [-0.39, 0.29) is 0 Å². The molecule has 2 heteroatoms. The van der Waals surface area contributed by atoms with Gasteiger partial charge in [0, 0.05) is 5.39 Å². The molecule has 1 heterocycles. The molecule has 1 radical (unpaired) electrons. The van der Waals surface area contributed by atoms with Gasteiger partial charge < -0.3 is 0 Å². The third-order valence-electron chi connectivity index (χ3n) is 1.87. The molecule has 0 N–H and O–H groups in total.